The monoisotopic (exact) mass is 226 g/mol. The molecule has 1 heterocycles. The Hall–Kier alpha value is -1.16. The van der Waals surface area contributed by atoms with E-state index in [-0.39, 0.29) is 5.15 Å². The second-order valence-corrected chi connectivity index (χ2v) is 3.83. The molecule has 0 atom stereocenters. The Labute approximate surface area is 92.6 Å². The average Bonchev–Trinajstić information content (AvgIpc) is 3.02. The van der Waals surface area contributed by atoms with Gasteiger partial charge in [-0.1, -0.05) is 11.6 Å². The highest BCUT2D eigenvalue weighted by Crippen LogP contribution is 2.39. The fourth-order valence-corrected chi connectivity index (χ4v) is 1.49. The van der Waals surface area contributed by atoms with Gasteiger partial charge in [0.2, 0.25) is 0 Å². The topological polar surface area (TPSA) is 52.1 Å². The van der Waals surface area contributed by atoms with Crippen LogP contribution in [-0.2, 0) is 4.74 Å². The molecule has 1 fully saturated rings. The van der Waals surface area contributed by atoms with Gasteiger partial charge in [0.05, 0.1) is 12.3 Å². The van der Waals surface area contributed by atoms with E-state index in [9.17, 15) is 4.79 Å². The molecule has 2 rings (SSSR count). The highest BCUT2D eigenvalue weighted by molar-refractivity contribution is 6.32. The molecule has 4 nitrogen and oxygen atoms in total. The van der Waals surface area contributed by atoms with Crippen LogP contribution in [0.2, 0.25) is 5.15 Å². The van der Waals surface area contributed by atoms with E-state index in [1.165, 1.54) is 0 Å². The maximum absolute atomic E-state index is 11.5. The quantitative estimate of drug-likeness (QED) is 0.742. The van der Waals surface area contributed by atoms with Crippen LogP contribution in [0.4, 0.5) is 0 Å². The van der Waals surface area contributed by atoms with Crippen LogP contribution in [0, 0.1) is 0 Å². The molecule has 1 aromatic heterocycles. The Morgan fingerprint density at radius 1 is 1.60 bits per heavy atom. The predicted molar refractivity (Wildman–Crippen MR) is 55.0 cm³/mol. The normalized spacial score (nSPS) is 15.1. The molecule has 1 saturated carbocycles. The summed E-state index contributed by atoms with van der Waals surface area (Å²) in [4.78, 5) is 11.5. The SMILES string of the molecule is CCOC(=O)c1cc(C2CC2)nnc1Cl. The third kappa shape index (κ3) is 2.26. The fraction of sp³-hybridized carbons (Fsp3) is 0.500. The van der Waals surface area contributed by atoms with Crippen molar-refractivity contribution in [3.8, 4) is 0 Å². The fourth-order valence-electron chi connectivity index (χ4n) is 1.32. The van der Waals surface area contributed by atoms with Crippen molar-refractivity contribution < 1.29 is 9.53 Å². The Morgan fingerprint density at radius 2 is 2.33 bits per heavy atom. The summed E-state index contributed by atoms with van der Waals surface area (Å²) in [5.41, 5.74) is 1.15. The van der Waals surface area contributed by atoms with Crippen LogP contribution < -0.4 is 0 Å². The lowest BCUT2D eigenvalue weighted by atomic mass is 10.2. The van der Waals surface area contributed by atoms with Gasteiger partial charge in [-0.2, -0.15) is 5.10 Å². The molecular formula is C10H11ClN2O2. The molecular weight excluding hydrogens is 216 g/mol. The number of rotatable bonds is 3. The van der Waals surface area contributed by atoms with E-state index in [1.54, 1.807) is 13.0 Å². The zero-order valence-electron chi connectivity index (χ0n) is 8.36. The van der Waals surface area contributed by atoms with E-state index in [1.807, 2.05) is 0 Å². The molecule has 0 aromatic carbocycles. The first-order valence-corrected chi connectivity index (χ1v) is 5.30. The Balaban J connectivity index is 2.27. The van der Waals surface area contributed by atoms with Crippen molar-refractivity contribution >= 4 is 17.6 Å². The molecule has 0 aliphatic heterocycles. The van der Waals surface area contributed by atoms with E-state index in [0.29, 0.717) is 18.1 Å². The molecule has 0 N–H and O–H groups in total. The number of hydrogen-bond donors (Lipinski definition) is 0. The standard InChI is InChI=1S/C10H11ClN2O2/c1-2-15-10(14)7-5-8(6-3-4-6)12-13-9(7)11/h5-6H,2-4H2,1H3. The third-order valence-corrected chi connectivity index (χ3v) is 2.54. The number of carbonyl (C=O) groups excluding carboxylic acids is 1. The lowest BCUT2D eigenvalue weighted by Crippen LogP contribution is -2.08. The van der Waals surface area contributed by atoms with E-state index in [2.05, 4.69) is 10.2 Å². The summed E-state index contributed by atoms with van der Waals surface area (Å²) in [7, 11) is 0. The molecule has 80 valence electrons. The minimum atomic E-state index is -0.431. The number of halogens is 1. The van der Waals surface area contributed by atoms with Gasteiger partial charge in [0.25, 0.3) is 0 Å². The highest BCUT2D eigenvalue weighted by atomic mass is 35.5. The minimum absolute atomic E-state index is 0.109. The first kappa shape index (κ1) is 10.4. The molecule has 1 aliphatic rings. The van der Waals surface area contributed by atoms with Crippen molar-refractivity contribution in [2.75, 3.05) is 6.61 Å². The molecule has 1 aromatic rings. The minimum Gasteiger partial charge on any atom is -0.462 e. The molecule has 15 heavy (non-hydrogen) atoms. The first-order chi connectivity index (χ1) is 7.22. The summed E-state index contributed by atoms with van der Waals surface area (Å²) in [5, 5.41) is 7.82. The van der Waals surface area contributed by atoms with Crippen molar-refractivity contribution in [1.29, 1.82) is 0 Å². The summed E-state index contributed by atoms with van der Waals surface area (Å²) < 4.78 is 4.87. The second kappa shape index (κ2) is 4.14. The van der Waals surface area contributed by atoms with Crippen LogP contribution in [0.15, 0.2) is 6.07 Å². The van der Waals surface area contributed by atoms with E-state index in [4.69, 9.17) is 16.3 Å². The van der Waals surface area contributed by atoms with Gasteiger partial charge in [-0.05, 0) is 25.8 Å². The molecule has 5 heteroatoms. The van der Waals surface area contributed by atoms with Crippen molar-refractivity contribution in [2.24, 2.45) is 0 Å². The Morgan fingerprint density at radius 3 is 2.93 bits per heavy atom. The van der Waals surface area contributed by atoms with Crippen LogP contribution in [0.25, 0.3) is 0 Å². The van der Waals surface area contributed by atoms with Crippen molar-refractivity contribution in [1.82, 2.24) is 10.2 Å². The van der Waals surface area contributed by atoms with Crippen LogP contribution in [0.3, 0.4) is 0 Å². The molecule has 1 aliphatic carbocycles. The summed E-state index contributed by atoms with van der Waals surface area (Å²) in [5.74, 6) is 0.0160. The zero-order chi connectivity index (χ0) is 10.8. The third-order valence-electron chi connectivity index (χ3n) is 2.26. The highest BCUT2D eigenvalue weighted by Gasteiger charge is 2.27. The van der Waals surface area contributed by atoms with Gasteiger partial charge in [0, 0.05) is 5.92 Å². The van der Waals surface area contributed by atoms with E-state index < -0.39 is 5.97 Å². The number of nitrogens with zero attached hydrogens (tertiary/aromatic N) is 2. The van der Waals surface area contributed by atoms with Crippen molar-refractivity contribution in [3.63, 3.8) is 0 Å². The van der Waals surface area contributed by atoms with Crippen LogP contribution in [-0.4, -0.2) is 22.8 Å². The van der Waals surface area contributed by atoms with Gasteiger partial charge in [-0.25, -0.2) is 4.79 Å². The maximum atomic E-state index is 11.5. The van der Waals surface area contributed by atoms with Gasteiger partial charge >= 0.3 is 5.97 Å². The Kier molecular flexibility index (Phi) is 2.86. The van der Waals surface area contributed by atoms with Gasteiger partial charge in [0.15, 0.2) is 5.15 Å². The van der Waals surface area contributed by atoms with E-state index >= 15 is 0 Å². The number of esters is 1. The number of carbonyl (C=O) groups is 1. The molecule has 0 bridgehead atoms. The molecule has 0 radical (unpaired) electrons. The first-order valence-electron chi connectivity index (χ1n) is 4.92. The van der Waals surface area contributed by atoms with Gasteiger partial charge in [-0.15, -0.1) is 5.10 Å². The van der Waals surface area contributed by atoms with Crippen LogP contribution in [0.1, 0.15) is 41.7 Å². The Bertz CT molecular complexity index is 391. The lowest BCUT2D eigenvalue weighted by Gasteiger charge is -2.04. The predicted octanol–water partition coefficient (Wildman–Crippen LogP) is 2.18. The smallest absolute Gasteiger partial charge is 0.341 e. The largest absolute Gasteiger partial charge is 0.462 e. The van der Waals surface area contributed by atoms with Crippen molar-refractivity contribution in [2.45, 2.75) is 25.7 Å². The number of hydrogen-bond acceptors (Lipinski definition) is 4. The summed E-state index contributed by atoms with van der Waals surface area (Å²) >= 11 is 5.78. The lowest BCUT2D eigenvalue weighted by molar-refractivity contribution is 0.0525. The summed E-state index contributed by atoms with van der Waals surface area (Å²) in [6.07, 6.45) is 2.22. The summed E-state index contributed by atoms with van der Waals surface area (Å²) in [6.45, 7) is 2.08. The molecule has 0 unspecified atom stereocenters. The number of aromatic nitrogens is 2. The number of ether oxygens (including phenoxy) is 1. The van der Waals surface area contributed by atoms with Crippen LogP contribution >= 0.6 is 11.6 Å². The van der Waals surface area contributed by atoms with E-state index in [0.717, 1.165) is 18.5 Å². The second-order valence-electron chi connectivity index (χ2n) is 3.47. The van der Waals surface area contributed by atoms with Gasteiger partial charge < -0.3 is 4.74 Å². The average molecular weight is 227 g/mol. The zero-order valence-corrected chi connectivity index (χ0v) is 9.12. The van der Waals surface area contributed by atoms with Gasteiger partial charge in [0.1, 0.15) is 5.56 Å². The van der Waals surface area contributed by atoms with Crippen molar-refractivity contribution in [3.05, 3.63) is 22.5 Å². The van der Waals surface area contributed by atoms with Crippen LogP contribution in [0.5, 0.6) is 0 Å². The molecule has 0 spiro atoms. The molecule has 0 amide bonds. The summed E-state index contributed by atoms with van der Waals surface area (Å²) in [6, 6.07) is 1.69. The van der Waals surface area contributed by atoms with Gasteiger partial charge in [-0.3, -0.25) is 0 Å². The maximum Gasteiger partial charge on any atom is 0.341 e. The molecule has 0 saturated heterocycles.